The van der Waals surface area contributed by atoms with Crippen LogP contribution < -0.4 is 0 Å². The van der Waals surface area contributed by atoms with E-state index in [0.29, 0.717) is 11.1 Å². The Bertz CT molecular complexity index is 1080. The van der Waals surface area contributed by atoms with Crippen molar-refractivity contribution in [2.75, 3.05) is 0 Å². The zero-order valence-electron chi connectivity index (χ0n) is 21.8. The number of rotatable bonds is 3. The first-order chi connectivity index (χ1) is 16.8. The van der Waals surface area contributed by atoms with Crippen molar-refractivity contribution < 1.29 is 33.8 Å². The zero-order chi connectivity index (χ0) is 26.8. The normalized spacial score (nSPS) is 33.4. The van der Waals surface area contributed by atoms with E-state index in [4.69, 9.17) is 9.47 Å². The summed E-state index contributed by atoms with van der Waals surface area (Å²) >= 11 is 0. The van der Waals surface area contributed by atoms with Crippen LogP contribution in [0.4, 0.5) is 0 Å². The number of allylic oxidation sites excluding steroid dienone is 2. The highest BCUT2D eigenvalue weighted by Crippen LogP contribution is 2.46. The lowest BCUT2D eigenvalue weighted by molar-refractivity contribution is -0.147. The summed E-state index contributed by atoms with van der Waals surface area (Å²) in [5.41, 5.74) is -1.83. The second kappa shape index (κ2) is 10.5. The Kier molecular flexibility index (Phi) is 8.04. The maximum Gasteiger partial charge on any atom is 0.338 e. The molecule has 0 bridgehead atoms. The molecule has 0 heterocycles. The van der Waals surface area contributed by atoms with E-state index in [9.17, 15) is 24.3 Å². The van der Waals surface area contributed by atoms with E-state index in [1.54, 1.807) is 76.3 Å². The lowest BCUT2D eigenvalue weighted by Crippen LogP contribution is -2.47. The van der Waals surface area contributed by atoms with Gasteiger partial charge < -0.3 is 14.6 Å². The molecule has 2 aliphatic rings. The third-order valence-electron chi connectivity index (χ3n) is 7.34. The van der Waals surface area contributed by atoms with Gasteiger partial charge in [-0.3, -0.25) is 14.4 Å². The molecule has 7 nitrogen and oxygen atoms in total. The zero-order valence-corrected chi connectivity index (χ0v) is 21.8. The van der Waals surface area contributed by atoms with Crippen LogP contribution in [0.3, 0.4) is 0 Å². The van der Waals surface area contributed by atoms with E-state index in [0.717, 1.165) is 0 Å². The van der Waals surface area contributed by atoms with Crippen molar-refractivity contribution in [1.82, 2.24) is 0 Å². The number of aliphatic hydroxyl groups is 1. The standard InChI is InChI=1S/C29H36O7/c1-17-12-13-28(5,6)24(31)15-23(35-20(4)30)18(2)14-22-25(19(3)16-29(22,34)26(17)32)36-27(33)21-10-8-7-9-11-21/h7-14,17,19,22-23,25,34H,15-16H2,1-6H3/b13-12+,18-14?/t17-,19-,22+,23+,25+,29-/m0/s1. The fraction of sp³-hybridized carbons (Fsp3) is 0.517. The predicted molar refractivity (Wildman–Crippen MR) is 134 cm³/mol. The molecule has 3 rings (SSSR count). The Morgan fingerprint density at radius 2 is 1.69 bits per heavy atom. The second-order valence-electron chi connectivity index (χ2n) is 10.7. The number of fused-ring (bicyclic) bond motifs is 1. The number of benzene rings is 1. The lowest BCUT2D eigenvalue weighted by atomic mass is 9.77. The summed E-state index contributed by atoms with van der Waals surface area (Å²) < 4.78 is 11.4. The molecule has 1 aromatic rings. The molecule has 7 heteroatoms. The first-order valence-electron chi connectivity index (χ1n) is 12.4. The van der Waals surface area contributed by atoms with Crippen molar-refractivity contribution in [2.45, 2.75) is 72.2 Å². The van der Waals surface area contributed by atoms with Crippen molar-refractivity contribution in [3.63, 3.8) is 0 Å². The Hall–Kier alpha value is -3.06. The van der Waals surface area contributed by atoms with Crippen LogP contribution in [0.25, 0.3) is 0 Å². The van der Waals surface area contributed by atoms with Crippen LogP contribution in [0.1, 0.15) is 64.7 Å². The number of hydrogen-bond acceptors (Lipinski definition) is 7. The van der Waals surface area contributed by atoms with Crippen LogP contribution >= 0.6 is 0 Å². The van der Waals surface area contributed by atoms with E-state index in [1.165, 1.54) is 6.92 Å². The first kappa shape index (κ1) is 27.5. The average molecular weight is 497 g/mol. The van der Waals surface area contributed by atoms with Gasteiger partial charge in [-0.05, 0) is 50.8 Å². The number of ketones is 2. The molecule has 2 aliphatic carbocycles. The SMILES string of the molecule is CC(=O)O[C@@H]1CC(=O)C(C)(C)/C=C/[C@H](C)C(=O)[C@]2(O)C[C@H](C)[C@@H](OC(=O)c3ccccc3)[C@H]2C=C1C. The minimum Gasteiger partial charge on any atom is -0.458 e. The smallest absolute Gasteiger partial charge is 0.338 e. The third kappa shape index (κ3) is 5.67. The van der Waals surface area contributed by atoms with Crippen molar-refractivity contribution in [1.29, 1.82) is 0 Å². The van der Waals surface area contributed by atoms with Crippen LogP contribution in [-0.4, -0.2) is 46.4 Å². The molecule has 0 amide bonds. The van der Waals surface area contributed by atoms with Crippen LogP contribution in [0.15, 0.2) is 54.1 Å². The van der Waals surface area contributed by atoms with Gasteiger partial charge in [-0.1, -0.05) is 50.3 Å². The number of carbonyl (C=O) groups is 4. The summed E-state index contributed by atoms with van der Waals surface area (Å²) in [6, 6.07) is 8.52. The van der Waals surface area contributed by atoms with Gasteiger partial charge in [-0.2, -0.15) is 0 Å². The largest absolute Gasteiger partial charge is 0.458 e. The van der Waals surface area contributed by atoms with Gasteiger partial charge in [-0.15, -0.1) is 0 Å². The summed E-state index contributed by atoms with van der Waals surface area (Å²) in [4.78, 5) is 51.5. The molecule has 1 aromatic carbocycles. The van der Waals surface area contributed by atoms with E-state index in [1.807, 2.05) is 6.92 Å². The van der Waals surface area contributed by atoms with Crippen LogP contribution in [-0.2, 0) is 23.9 Å². The number of carbonyl (C=O) groups excluding carboxylic acids is 4. The molecule has 6 atom stereocenters. The Morgan fingerprint density at radius 3 is 2.31 bits per heavy atom. The molecule has 1 saturated carbocycles. The van der Waals surface area contributed by atoms with Gasteiger partial charge in [0.15, 0.2) is 5.78 Å². The number of hydrogen-bond donors (Lipinski definition) is 1. The van der Waals surface area contributed by atoms with Crippen molar-refractivity contribution in [3.8, 4) is 0 Å². The molecule has 0 aromatic heterocycles. The molecule has 0 spiro atoms. The molecular formula is C29H36O7. The summed E-state index contributed by atoms with van der Waals surface area (Å²) in [5, 5.41) is 11.8. The number of ether oxygens (including phenoxy) is 2. The monoisotopic (exact) mass is 496 g/mol. The molecule has 1 N–H and O–H groups in total. The molecule has 0 aliphatic heterocycles. The second-order valence-corrected chi connectivity index (χ2v) is 10.7. The van der Waals surface area contributed by atoms with Gasteiger partial charge in [0.1, 0.15) is 23.6 Å². The van der Waals surface area contributed by atoms with E-state index >= 15 is 0 Å². The quantitative estimate of drug-likeness (QED) is 0.493. The fourth-order valence-electron chi connectivity index (χ4n) is 5.10. The van der Waals surface area contributed by atoms with Gasteiger partial charge in [-0.25, -0.2) is 4.79 Å². The van der Waals surface area contributed by atoms with E-state index in [-0.39, 0.29) is 24.5 Å². The summed E-state index contributed by atoms with van der Waals surface area (Å²) in [6.07, 6.45) is 3.33. The Balaban J connectivity index is 2.10. The Labute approximate surface area is 212 Å². The van der Waals surface area contributed by atoms with Crippen LogP contribution in [0, 0.1) is 23.2 Å². The van der Waals surface area contributed by atoms with Gasteiger partial charge >= 0.3 is 11.9 Å². The highest BCUT2D eigenvalue weighted by Gasteiger charge is 2.57. The van der Waals surface area contributed by atoms with Gasteiger partial charge in [0.05, 0.1) is 11.5 Å². The maximum atomic E-state index is 13.6. The molecular weight excluding hydrogens is 460 g/mol. The van der Waals surface area contributed by atoms with E-state index in [2.05, 4.69) is 0 Å². The summed E-state index contributed by atoms with van der Waals surface area (Å²) in [6.45, 7) is 9.97. The predicted octanol–water partition coefficient (Wildman–Crippen LogP) is 4.24. The van der Waals surface area contributed by atoms with Gasteiger partial charge in [0.25, 0.3) is 0 Å². The van der Waals surface area contributed by atoms with Crippen molar-refractivity contribution >= 4 is 23.5 Å². The topological polar surface area (TPSA) is 107 Å². The summed E-state index contributed by atoms with van der Waals surface area (Å²) in [5.74, 6) is -3.55. The van der Waals surface area contributed by atoms with E-state index < -0.39 is 52.8 Å². The highest BCUT2D eigenvalue weighted by atomic mass is 16.5. The Morgan fingerprint density at radius 1 is 1.06 bits per heavy atom. The molecule has 1 fully saturated rings. The van der Waals surface area contributed by atoms with Crippen LogP contribution in [0.5, 0.6) is 0 Å². The van der Waals surface area contributed by atoms with Gasteiger partial charge in [0, 0.05) is 24.7 Å². The third-order valence-corrected chi connectivity index (χ3v) is 7.34. The molecule has 0 saturated heterocycles. The fourth-order valence-corrected chi connectivity index (χ4v) is 5.10. The summed E-state index contributed by atoms with van der Waals surface area (Å²) in [7, 11) is 0. The van der Waals surface area contributed by atoms with Crippen molar-refractivity contribution in [2.24, 2.45) is 23.2 Å². The average Bonchev–Trinajstić information content (AvgIpc) is 3.05. The lowest BCUT2D eigenvalue weighted by Gasteiger charge is -2.33. The molecule has 0 radical (unpaired) electrons. The van der Waals surface area contributed by atoms with Crippen LogP contribution in [0.2, 0.25) is 0 Å². The first-order valence-corrected chi connectivity index (χ1v) is 12.4. The number of Topliss-reactive ketones (excluding diaryl/α,β-unsaturated/α-hetero) is 2. The minimum atomic E-state index is -1.81. The molecule has 36 heavy (non-hydrogen) atoms. The number of esters is 2. The van der Waals surface area contributed by atoms with Gasteiger partial charge in [0.2, 0.25) is 0 Å². The highest BCUT2D eigenvalue weighted by molar-refractivity contribution is 5.93. The minimum absolute atomic E-state index is 0.0588. The molecule has 0 unspecified atom stereocenters. The maximum absolute atomic E-state index is 13.6. The van der Waals surface area contributed by atoms with Crippen molar-refractivity contribution in [3.05, 3.63) is 59.7 Å². The molecule has 194 valence electrons.